The summed E-state index contributed by atoms with van der Waals surface area (Å²) in [7, 11) is -3.26. The van der Waals surface area contributed by atoms with Gasteiger partial charge in [0.2, 0.25) is 15.9 Å². The third kappa shape index (κ3) is 4.62. The molecular weight excluding hydrogens is 450 g/mol. The minimum atomic E-state index is -3.26. The second-order valence-corrected chi connectivity index (χ2v) is 11.0. The Labute approximate surface area is 193 Å². The summed E-state index contributed by atoms with van der Waals surface area (Å²) in [4.78, 5) is 0. The van der Waals surface area contributed by atoms with Crippen LogP contribution in [0.25, 0.3) is 16.9 Å². The van der Waals surface area contributed by atoms with Crippen LogP contribution in [0.2, 0.25) is 5.02 Å². The number of phenols is 1. The molecule has 3 aromatic rings. The topological polar surface area (TPSA) is 84.7 Å². The van der Waals surface area contributed by atoms with Crippen LogP contribution in [0.1, 0.15) is 26.7 Å². The number of rotatable bonds is 6. The van der Waals surface area contributed by atoms with Crippen LogP contribution in [0.3, 0.4) is 0 Å². The average Bonchev–Trinajstić information content (AvgIpc) is 3.18. The van der Waals surface area contributed by atoms with Gasteiger partial charge in [-0.2, -0.15) is 0 Å². The molecule has 1 saturated heterocycles. The summed E-state index contributed by atoms with van der Waals surface area (Å²) in [6, 6.07) is 16.1. The molecule has 0 bridgehead atoms. The van der Waals surface area contributed by atoms with Crippen LogP contribution < -0.4 is 4.74 Å². The minimum Gasteiger partial charge on any atom is -0.506 e. The van der Waals surface area contributed by atoms with Gasteiger partial charge in [0.15, 0.2) is 0 Å². The number of halogens is 1. The average molecular weight is 476 g/mol. The van der Waals surface area contributed by atoms with E-state index in [9.17, 15) is 13.5 Å². The lowest BCUT2D eigenvalue weighted by atomic mass is 10.1. The summed E-state index contributed by atoms with van der Waals surface area (Å²) in [6.07, 6.45) is 1.04. The van der Waals surface area contributed by atoms with E-state index >= 15 is 0 Å². The molecule has 32 heavy (non-hydrogen) atoms. The van der Waals surface area contributed by atoms with Gasteiger partial charge >= 0.3 is 0 Å². The largest absolute Gasteiger partial charge is 0.506 e. The molecule has 7 nitrogen and oxygen atoms in total. The molecule has 0 radical (unpaired) electrons. The Bertz CT molecular complexity index is 1180. The Morgan fingerprint density at radius 3 is 2.38 bits per heavy atom. The van der Waals surface area contributed by atoms with E-state index in [1.165, 1.54) is 4.31 Å². The van der Waals surface area contributed by atoms with E-state index in [-0.39, 0.29) is 11.9 Å². The molecular formula is C23H26ClN3O4S. The highest BCUT2D eigenvalue weighted by molar-refractivity contribution is 7.89. The zero-order valence-corrected chi connectivity index (χ0v) is 19.6. The number of sulfonamides is 1. The van der Waals surface area contributed by atoms with E-state index in [0.29, 0.717) is 42.5 Å². The van der Waals surface area contributed by atoms with Gasteiger partial charge in [-0.3, -0.25) is 0 Å². The van der Waals surface area contributed by atoms with E-state index in [0.717, 1.165) is 11.3 Å². The van der Waals surface area contributed by atoms with Crippen LogP contribution in [-0.2, 0) is 10.0 Å². The first-order chi connectivity index (χ1) is 15.3. The maximum Gasteiger partial charge on any atom is 0.234 e. The van der Waals surface area contributed by atoms with Crippen molar-refractivity contribution in [1.29, 1.82) is 0 Å². The first-order valence-electron chi connectivity index (χ1n) is 10.6. The molecule has 1 fully saturated rings. The fourth-order valence-corrected chi connectivity index (χ4v) is 5.19. The Morgan fingerprint density at radius 1 is 1.09 bits per heavy atom. The zero-order valence-electron chi connectivity index (χ0n) is 18.0. The second-order valence-electron chi connectivity index (χ2n) is 8.09. The molecule has 0 atom stereocenters. The van der Waals surface area contributed by atoms with Crippen molar-refractivity contribution in [2.75, 3.05) is 13.1 Å². The van der Waals surface area contributed by atoms with Crippen LogP contribution in [-0.4, -0.2) is 52.1 Å². The number of aromatic hydroxyl groups is 1. The molecule has 1 aliphatic rings. The van der Waals surface area contributed by atoms with E-state index in [1.54, 1.807) is 48.9 Å². The van der Waals surface area contributed by atoms with E-state index in [4.69, 9.17) is 16.3 Å². The lowest BCUT2D eigenvalue weighted by molar-refractivity contribution is 0.129. The predicted molar refractivity (Wildman–Crippen MR) is 125 cm³/mol. The van der Waals surface area contributed by atoms with Crippen LogP contribution in [0.15, 0.2) is 54.6 Å². The van der Waals surface area contributed by atoms with Crippen LogP contribution in [0.4, 0.5) is 0 Å². The highest BCUT2D eigenvalue weighted by atomic mass is 35.5. The van der Waals surface area contributed by atoms with Gasteiger partial charge in [-0.15, -0.1) is 5.10 Å². The van der Waals surface area contributed by atoms with Gasteiger partial charge in [-0.1, -0.05) is 35.9 Å². The third-order valence-corrected chi connectivity index (χ3v) is 8.11. The Balaban J connectivity index is 1.59. The van der Waals surface area contributed by atoms with Gasteiger partial charge < -0.3 is 9.84 Å². The van der Waals surface area contributed by atoms with Crippen molar-refractivity contribution in [3.05, 3.63) is 59.6 Å². The van der Waals surface area contributed by atoms with Gasteiger partial charge in [0.05, 0.1) is 10.9 Å². The smallest absolute Gasteiger partial charge is 0.234 e. The second kappa shape index (κ2) is 9.13. The predicted octanol–water partition coefficient (Wildman–Crippen LogP) is 4.48. The highest BCUT2D eigenvalue weighted by Crippen LogP contribution is 2.32. The fourth-order valence-electron chi connectivity index (χ4n) is 3.74. The molecule has 1 N–H and O–H groups in total. The summed E-state index contributed by atoms with van der Waals surface area (Å²) >= 11 is 6.04. The standard InChI is InChI=1S/C23H26ClN3O4S/c1-16(2)32(29,30)26-13-11-19(12-14-26)31-23-15-21(17-7-9-18(24)10-8-17)27(25-23)20-5-3-4-6-22(20)28/h3-10,15-16,19,28H,11-14H2,1-2H3. The summed E-state index contributed by atoms with van der Waals surface area (Å²) in [5.74, 6) is 0.521. The highest BCUT2D eigenvalue weighted by Gasteiger charge is 2.31. The quantitative estimate of drug-likeness (QED) is 0.568. The maximum atomic E-state index is 12.4. The van der Waals surface area contributed by atoms with Crippen molar-refractivity contribution in [1.82, 2.24) is 14.1 Å². The Morgan fingerprint density at radius 2 is 1.75 bits per heavy atom. The number of nitrogens with zero attached hydrogens (tertiary/aromatic N) is 3. The normalized spacial score (nSPS) is 15.9. The molecule has 0 aliphatic carbocycles. The number of piperidine rings is 1. The number of para-hydroxylation sites is 2. The van der Waals surface area contributed by atoms with Gasteiger partial charge in [-0.05, 0) is 51.0 Å². The molecule has 1 aromatic heterocycles. The van der Waals surface area contributed by atoms with E-state index in [2.05, 4.69) is 5.10 Å². The first-order valence-corrected chi connectivity index (χ1v) is 12.4. The minimum absolute atomic E-state index is 0.101. The molecule has 2 aromatic carbocycles. The van der Waals surface area contributed by atoms with Gasteiger partial charge in [-0.25, -0.2) is 17.4 Å². The molecule has 4 rings (SSSR count). The van der Waals surface area contributed by atoms with Gasteiger partial charge in [0.1, 0.15) is 17.5 Å². The molecule has 170 valence electrons. The molecule has 0 unspecified atom stereocenters. The maximum absolute atomic E-state index is 12.4. The molecule has 0 spiro atoms. The molecule has 1 aliphatic heterocycles. The van der Waals surface area contributed by atoms with Crippen LogP contribution in [0.5, 0.6) is 11.6 Å². The number of hydrogen-bond donors (Lipinski definition) is 1. The van der Waals surface area contributed by atoms with Crippen molar-refractivity contribution in [2.24, 2.45) is 0 Å². The number of aromatic nitrogens is 2. The van der Waals surface area contributed by atoms with Crippen molar-refractivity contribution >= 4 is 21.6 Å². The Hall–Kier alpha value is -2.55. The lowest BCUT2D eigenvalue weighted by Crippen LogP contribution is -2.44. The SMILES string of the molecule is CC(C)S(=O)(=O)N1CCC(Oc2cc(-c3ccc(Cl)cc3)n(-c3ccccc3O)n2)CC1. The number of hydrogen-bond acceptors (Lipinski definition) is 5. The number of ether oxygens (including phenoxy) is 1. The number of phenolic OH excluding ortho intramolecular Hbond substituents is 1. The monoisotopic (exact) mass is 475 g/mol. The molecule has 0 saturated carbocycles. The molecule has 0 amide bonds. The van der Waals surface area contributed by atoms with Gasteiger partial charge in [0, 0.05) is 29.7 Å². The van der Waals surface area contributed by atoms with E-state index < -0.39 is 15.3 Å². The summed E-state index contributed by atoms with van der Waals surface area (Å²) in [5, 5.41) is 15.2. The van der Waals surface area contributed by atoms with Crippen molar-refractivity contribution in [3.8, 4) is 28.6 Å². The summed E-state index contributed by atoms with van der Waals surface area (Å²) in [5.41, 5.74) is 2.15. The molecule has 9 heteroatoms. The summed E-state index contributed by atoms with van der Waals surface area (Å²) < 4.78 is 34.1. The first kappa shape index (κ1) is 22.6. The van der Waals surface area contributed by atoms with E-state index in [1.807, 2.05) is 24.3 Å². The number of benzene rings is 2. The fraction of sp³-hybridized carbons (Fsp3) is 0.348. The zero-order chi connectivity index (χ0) is 22.9. The third-order valence-electron chi connectivity index (χ3n) is 5.58. The van der Waals surface area contributed by atoms with Crippen molar-refractivity contribution in [3.63, 3.8) is 0 Å². The van der Waals surface area contributed by atoms with Crippen LogP contribution >= 0.6 is 11.6 Å². The van der Waals surface area contributed by atoms with Crippen LogP contribution in [0, 0.1) is 0 Å². The van der Waals surface area contributed by atoms with Crippen molar-refractivity contribution < 1.29 is 18.3 Å². The Kier molecular flexibility index (Phi) is 6.46. The molecule has 2 heterocycles. The lowest BCUT2D eigenvalue weighted by Gasteiger charge is -2.32. The van der Waals surface area contributed by atoms with Crippen molar-refractivity contribution in [2.45, 2.75) is 38.0 Å². The van der Waals surface area contributed by atoms with Gasteiger partial charge in [0.25, 0.3) is 0 Å². The summed E-state index contributed by atoms with van der Waals surface area (Å²) in [6.45, 7) is 4.24.